The summed E-state index contributed by atoms with van der Waals surface area (Å²) in [6.07, 6.45) is 2.00. The van der Waals surface area contributed by atoms with Gasteiger partial charge in [0, 0.05) is 32.5 Å². The van der Waals surface area contributed by atoms with Crippen molar-refractivity contribution < 1.29 is 23.8 Å². The molecule has 0 spiro atoms. The predicted molar refractivity (Wildman–Crippen MR) is 94.1 cm³/mol. The van der Waals surface area contributed by atoms with Gasteiger partial charge >= 0.3 is 0 Å². The number of ether oxygens (including phenoxy) is 3. The second-order valence-corrected chi connectivity index (χ2v) is 6.62. The zero-order chi connectivity index (χ0) is 18.4. The number of ketones is 1. The SMILES string of the molecule is CC(C)CC(=O)CCCOCCOCCOCC(=O)N(C)C(C)C. The molecule has 0 unspecified atom stereocenters. The molecule has 0 heterocycles. The summed E-state index contributed by atoms with van der Waals surface area (Å²) in [7, 11) is 1.76. The Labute approximate surface area is 146 Å². The summed E-state index contributed by atoms with van der Waals surface area (Å²) in [5, 5.41) is 0. The number of Topliss-reactive ketones (excluding diaryl/α,β-unsaturated/α-hetero) is 1. The standard InChI is InChI=1S/C18H35NO5/c1-15(2)13-17(20)7-6-8-22-9-10-23-11-12-24-14-18(21)19(5)16(3)4/h15-16H,6-14H2,1-5H3. The van der Waals surface area contributed by atoms with Gasteiger partial charge < -0.3 is 19.1 Å². The second-order valence-electron chi connectivity index (χ2n) is 6.62. The highest BCUT2D eigenvalue weighted by Gasteiger charge is 2.11. The zero-order valence-electron chi connectivity index (χ0n) is 16.0. The quantitative estimate of drug-likeness (QED) is 0.426. The van der Waals surface area contributed by atoms with E-state index in [0.29, 0.717) is 57.6 Å². The van der Waals surface area contributed by atoms with Crippen molar-refractivity contribution in [3.63, 3.8) is 0 Å². The van der Waals surface area contributed by atoms with Gasteiger partial charge in [-0.05, 0) is 26.2 Å². The van der Waals surface area contributed by atoms with Crippen molar-refractivity contribution in [3.05, 3.63) is 0 Å². The molecule has 0 saturated carbocycles. The number of carbonyl (C=O) groups is 2. The lowest BCUT2D eigenvalue weighted by Gasteiger charge is -2.21. The van der Waals surface area contributed by atoms with Crippen LogP contribution in [0.3, 0.4) is 0 Å². The van der Waals surface area contributed by atoms with Gasteiger partial charge in [0.15, 0.2) is 0 Å². The van der Waals surface area contributed by atoms with Gasteiger partial charge in [-0.3, -0.25) is 9.59 Å². The topological polar surface area (TPSA) is 65.1 Å². The Morgan fingerprint density at radius 2 is 1.42 bits per heavy atom. The number of rotatable bonds is 15. The first-order valence-corrected chi connectivity index (χ1v) is 8.85. The Kier molecular flexibility index (Phi) is 13.8. The minimum atomic E-state index is -0.0275. The van der Waals surface area contributed by atoms with Gasteiger partial charge in [0.1, 0.15) is 12.4 Å². The van der Waals surface area contributed by atoms with Crippen LogP contribution in [0.4, 0.5) is 0 Å². The zero-order valence-corrected chi connectivity index (χ0v) is 16.0. The van der Waals surface area contributed by atoms with Crippen LogP contribution >= 0.6 is 0 Å². The maximum absolute atomic E-state index is 11.6. The molecule has 0 bridgehead atoms. The summed E-state index contributed by atoms with van der Waals surface area (Å²) in [5.74, 6) is 0.704. The number of likely N-dealkylation sites (N-methyl/N-ethyl adjacent to an activating group) is 1. The largest absolute Gasteiger partial charge is 0.379 e. The van der Waals surface area contributed by atoms with E-state index in [1.165, 1.54) is 0 Å². The van der Waals surface area contributed by atoms with Crippen LogP contribution in [0.25, 0.3) is 0 Å². The highest BCUT2D eigenvalue weighted by molar-refractivity contribution is 5.78. The number of hydrogen-bond acceptors (Lipinski definition) is 5. The van der Waals surface area contributed by atoms with E-state index in [4.69, 9.17) is 14.2 Å². The molecule has 0 rings (SSSR count). The molecule has 6 nitrogen and oxygen atoms in total. The van der Waals surface area contributed by atoms with Crippen LogP contribution in [0, 0.1) is 5.92 Å². The third-order valence-corrected chi connectivity index (χ3v) is 3.52. The van der Waals surface area contributed by atoms with Crippen LogP contribution in [-0.2, 0) is 23.8 Å². The van der Waals surface area contributed by atoms with Crippen LogP contribution in [0.5, 0.6) is 0 Å². The molecule has 0 aliphatic carbocycles. The van der Waals surface area contributed by atoms with Gasteiger partial charge in [-0.25, -0.2) is 0 Å². The molecule has 0 radical (unpaired) electrons. The normalized spacial score (nSPS) is 11.3. The molecule has 0 N–H and O–H groups in total. The van der Waals surface area contributed by atoms with Crippen molar-refractivity contribution in [1.29, 1.82) is 0 Å². The Morgan fingerprint density at radius 3 is 1.96 bits per heavy atom. The van der Waals surface area contributed by atoms with E-state index >= 15 is 0 Å². The monoisotopic (exact) mass is 345 g/mol. The van der Waals surface area contributed by atoms with E-state index in [1.54, 1.807) is 11.9 Å². The van der Waals surface area contributed by atoms with Gasteiger partial charge in [-0.2, -0.15) is 0 Å². The fourth-order valence-corrected chi connectivity index (χ4v) is 1.92. The fourth-order valence-electron chi connectivity index (χ4n) is 1.92. The third kappa shape index (κ3) is 13.5. The van der Waals surface area contributed by atoms with Crippen molar-refractivity contribution in [2.45, 2.75) is 53.0 Å². The molecule has 6 heteroatoms. The minimum absolute atomic E-state index is 0.0275. The lowest BCUT2D eigenvalue weighted by atomic mass is 10.0. The van der Waals surface area contributed by atoms with E-state index in [-0.39, 0.29) is 18.6 Å². The van der Waals surface area contributed by atoms with E-state index in [9.17, 15) is 9.59 Å². The number of carbonyl (C=O) groups excluding carboxylic acids is 2. The van der Waals surface area contributed by atoms with Crippen molar-refractivity contribution in [1.82, 2.24) is 4.90 Å². The maximum atomic E-state index is 11.6. The first-order chi connectivity index (χ1) is 11.3. The van der Waals surface area contributed by atoms with E-state index in [1.807, 2.05) is 27.7 Å². The van der Waals surface area contributed by atoms with Crippen molar-refractivity contribution >= 4 is 11.7 Å². The molecular weight excluding hydrogens is 310 g/mol. The summed E-state index contributed by atoms with van der Waals surface area (Å²) in [6.45, 7) is 10.5. The Hall–Kier alpha value is -0.980. The maximum Gasteiger partial charge on any atom is 0.248 e. The third-order valence-electron chi connectivity index (χ3n) is 3.52. The lowest BCUT2D eigenvalue weighted by Crippen LogP contribution is -2.36. The van der Waals surface area contributed by atoms with E-state index < -0.39 is 0 Å². The summed E-state index contributed by atoms with van der Waals surface area (Å²) in [4.78, 5) is 24.8. The molecule has 142 valence electrons. The Balaban J connectivity index is 3.32. The summed E-state index contributed by atoms with van der Waals surface area (Å²) in [6, 6.07) is 0.176. The highest BCUT2D eigenvalue weighted by Crippen LogP contribution is 2.04. The van der Waals surface area contributed by atoms with Gasteiger partial charge in [-0.15, -0.1) is 0 Å². The van der Waals surface area contributed by atoms with E-state index in [2.05, 4.69) is 0 Å². The molecule has 0 aromatic rings. The first-order valence-electron chi connectivity index (χ1n) is 8.85. The van der Waals surface area contributed by atoms with Crippen LogP contribution in [0.1, 0.15) is 47.0 Å². The second kappa shape index (κ2) is 14.4. The number of amides is 1. The highest BCUT2D eigenvalue weighted by atomic mass is 16.5. The summed E-state index contributed by atoms with van der Waals surface area (Å²) in [5.41, 5.74) is 0. The molecule has 1 amide bonds. The molecule has 0 aromatic carbocycles. The average molecular weight is 345 g/mol. The van der Waals surface area contributed by atoms with Gasteiger partial charge in [0.25, 0.3) is 0 Å². The number of nitrogens with zero attached hydrogens (tertiary/aromatic N) is 1. The van der Waals surface area contributed by atoms with Crippen LogP contribution in [0.2, 0.25) is 0 Å². The van der Waals surface area contributed by atoms with Crippen LogP contribution in [0.15, 0.2) is 0 Å². The molecule has 0 fully saturated rings. The molecule has 0 aliphatic heterocycles. The van der Waals surface area contributed by atoms with Gasteiger partial charge in [0.2, 0.25) is 5.91 Å². The molecular formula is C18H35NO5. The van der Waals surface area contributed by atoms with Crippen LogP contribution in [-0.4, -0.2) is 69.3 Å². The van der Waals surface area contributed by atoms with Crippen molar-refractivity contribution in [2.75, 3.05) is 46.7 Å². The van der Waals surface area contributed by atoms with Crippen molar-refractivity contribution in [3.8, 4) is 0 Å². The smallest absolute Gasteiger partial charge is 0.248 e. The van der Waals surface area contributed by atoms with Crippen LogP contribution < -0.4 is 0 Å². The molecule has 0 saturated heterocycles. The summed E-state index contributed by atoms with van der Waals surface area (Å²) < 4.78 is 16.0. The van der Waals surface area contributed by atoms with Gasteiger partial charge in [-0.1, -0.05) is 13.8 Å². The lowest BCUT2D eigenvalue weighted by molar-refractivity contribution is -0.136. The molecule has 0 aromatic heterocycles. The minimum Gasteiger partial charge on any atom is -0.379 e. The Bertz CT molecular complexity index is 344. The fraction of sp³-hybridized carbons (Fsp3) is 0.889. The first kappa shape index (κ1) is 23.0. The average Bonchev–Trinajstić information content (AvgIpc) is 2.50. The Morgan fingerprint density at radius 1 is 0.875 bits per heavy atom. The molecule has 0 atom stereocenters. The van der Waals surface area contributed by atoms with Crippen molar-refractivity contribution in [2.24, 2.45) is 5.92 Å². The van der Waals surface area contributed by atoms with E-state index in [0.717, 1.165) is 6.42 Å². The molecule has 0 aliphatic rings. The summed E-state index contributed by atoms with van der Waals surface area (Å²) >= 11 is 0. The predicted octanol–water partition coefficient (Wildman–Crippen LogP) is 2.30. The molecule has 24 heavy (non-hydrogen) atoms. The number of hydrogen-bond donors (Lipinski definition) is 0. The van der Waals surface area contributed by atoms with Gasteiger partial charge in [0.05, 0.1) is 26.4 Å².